The fourth-order valence-electron chi connectivity index (χ4n) is 2.50. The van der Waals surface area contributed by atoms with E-state index in [2.05, 4.69) is 25.2 Å². The summed E-state index contributed by atoms with van der Waals surface area (Å²) in [6, 6.07) is 11.3. The van der Waals surface area contributed by atoms with Crippen LogP contribution in [0.4, 0.5) is 17.3 Å². The molecule has 0 saturated carbocycles. The quantitative estimate of drug-likeness (QED) is 0.680. The number of methoxy groups -OCH3 is 1. The van der Waals surface area contributed by atoms with Gasteiger partial charge in [-0.15, -0.1) is 0 Å². The molecule has 0 aliphatic heterocycles. The van der Waals surface area contributed by atoms with E-state index in [1.165, 1.54) is 11.9 Å². The van der Waals surface area contributed by atoms with E-state index in [0.717, 1.165) is 24.5 Å². The number of benzene rings is 1. The van der Waals surface area contributed by atoms with Crippen molar-refractivity contribution in [3.63, 3.8) is 0 Å². The normalized spacial score (nSPS) is 10.4. The highest BCUT2D eigenvalue weighted by Crippen LogP contribution is 2.30. The minimum absolute atomic E-state index is 0.622. The van der Waals surface area contributed by atoms with E-state index in [1.54, 1.807) is 31.6 Å². The van der Waals surface area contributed by atoms with Crippen molar-refractivity contribution < 1.29 is 4.74 Å². The molecule has 2 aromatic heterocycles. The summed E-state index contributed by atoms with van der Waals surface area (Å²) in [6.45, 7) is 0.834. The van der Waals surface area contributed by atoms with Gasteiger partial charge < -0.3 is 15.0 Å². The van der Waals surface area contributed by atoms with Crippen molar-refractivity contribution >= 4 is 28.9 Å². The Bertz CT molecular complexity index is 860. The van der Waals surface area contributed by atoms with Gasteiger partial charge in [0.2, 0.25) is 0 Å². The van der Waals surface area contributed by atoms with Crippen molar-refractivity contribution in [2.45, 2.75) is 6.42 Å². The molecule has 0 aliphatic carbocycles. The van der Waals surface area contributed by atoms with Crippen LogP contribution in [0.1, 0.15) is 5.56 Å². The van der Waals surface area contributed by atoms with Gasteiger partial charge in [0.15, 0.2) is 0 Å². The highest BCUT2D eigenvalue weighted by atomic mass is 35.5. The molecule has 0 radical (unpaired) electrons. The van der Waals surface area contributed by atoms with Crippen molar-refractivity contribution in [3.05, 3.63) is 65.7 Å². The molecule has 0 amide bonds. The van der Waals surface area contributed by atoms with Crippen molar-refractivity contribution in [2.24, 2.45) is 0 Å². The predicted molar refractivity (Wildman–Crippen MR) is 105 cm³/mol. The second kappa shape index (κ2) is 8.49. The van der Waals surface area contributed by atoms with Gasteiger partial charge in [-0.25, -0.2) is 9.97 Å². The lowest BCUT2D eigenvalue weighted by Gasteiger charge is -2.19. The van der Waals surface area contributed by atoms with E-state index in [9.17, 15) is 0 Å². The molecule has 0 fully saturated rings. The number of pyridine rings is 1. The molecule has 26 heavy (non-hydrogen) atoms. The van der Waals surface area contributed by atoms with Gasteiger partial charge in [0.25, 0.3) is 0 Å². The lowest BCUT2D eigenvalue weighted by atomic mass is 10.2. The van der Waals surface area contributed by atoms with E-state index in [0.29, 0.717) is 16.6 Å². The molecule has 3 rings (SSSR count). The summed E-state index contributed by atoms with van der Waals surface area (Å²) >= 11 is 6.08. The maximum atomic E-state index is 6.08. The van der Waals surface area contributed by atoms with Crippen molar-refractivity contribution in [3.8, 4) is 5.75 Å². The lowest BCUT2D eigenvalue weighted by molar-refractivity contribution is 0.417. The largest absolute Gasteiger partial charge is 0.495 e. The van der Waals surface area contributed by atoms with Crippen LogP contribution in [0.25, 0.3) is 0 Å². The number of nitrogens with one attached hydrogen (secondary N) is 1. The molecular weight excluding hydrogens is 350 g/mol. The van der Waals surface area contributed by atoms with E-state index < -0.39 is 0 Å². The smallest absolute Gasteiger partial charge is 0.142 e. The van der Waals surface area contributed by atoms with Gasteiger partial charge in [0.05, 0.1) is 12.8 Å². The summed E-state index contributed by atoms with van der Waals surface area (Å²) in [5, 5.41) is 3.86. The molecule has 0 bridgehead atoms. The van der Waals surface area contributed by atoms with Gasteiger partial charge in [-0.2, -0.15) is 0 Å². The van der Waals surface area contributed by atoms with Crippen LogP contribution in [0, 0.1) is 0 Å². The number of aromatic nitrogens is 3. The van der Waals surface area contributed by atoms with Crippen LogP contribution in [0.2, 0.25) is 5.02 Å². The molecule has 7 heteroatoms. The van der Waals surface area contributed by atoms with Gasteiger partial charge in [-0.1, -0.05) is 11.6 Å². The van der Waals surface area contributed by atoms with E-state index in [1.807, 2.05) is 31.3 Å². The zero-order valence-corrected chi connectivity index (χ0v) is 15.4. The van der Waals surface area contributed by atoms with E-state index in [-0.39, 0.29) is 0 Å². The Morgan fingerprint density at radius 2 is 1.92 bits per heavy atom. The Labute approximate surface area is 157 Å². The van der Waals surface area contributed by atoms with Gasteiger partial charge in [0.1, 0.15) is 23.7 Å². The van der Waals surface area contributed by atoms with Crippen LogP contribution in [-0.4, -0.2) is 35.7 Å². The number of nitrogens with zero attached hydrogens (tertiary/aromatic N) is 4. The van der Waals surface area contributed by atoms with Crippen molar-refractivity contribution in [2.75, 3.05) is 30.9 Å². The second-order valence-electron chi connectivity index (χ2n) is 5.76. The maximum Gasteiger partial charge on any atom is 0.142 e. The van der Waals surface area contributed by atoms with Crippen LogP contribution >= 0.6 is 11.6 Å². The van der Waals surface area contributed by atoms with Crippen LogP contribution in [0.5, 0.6) is 5.75 Å². The van der Waals surface area contributed by atoms with Crippen LogP contribution in [-0.2, 0) is 6.42 Å². The average molecular weight is 370 g/mol. The van der Waals surface area contributed by atoms with Gasteiger partial charge in [-0.05, 0) is 42.3 Å². The topological polar surface area (TPSA) is 63.2 Å². The first-order chi connectivity index (χ1) is 12.7. The molecule has 2 heterocycles. The molecule has 0 atom stereocenters. The Hall–Kier alpha value is -2.86. The molecule has 1 aromatic carbocycles. The summed E-state index contributed by atoms with van der Waals surface area (Å²) in [5.74, 6) is 2.20. The van der Waals surface area contributed by atoms with E-state index >= 15 is 0 Å². The Kier molecular flexibility index (Phi) is 5.86. The predicted octanol–water partition coefficient (Wildman–Crippen LogP) is 3.96. The fourth-order valence-corrected chi connectivity index (χ4v) is 2.67. The van der Waals surface area contributed by atoms with Crippen LogP contribution < -0.4 is 15.0 Å². The number of ether oxygens (including phenoxy) is 1. The first-order valence-electron chi connectivity index (χ1n) is 8.18. The zero-order chi connectivity index (χ0) is 18.4. The van der Waals surface area contributed by atoms with E-state index in [4.69, 9.17) is 16.3 Å². The highest BCUT2D eigenvalue weighted by Gasteiger charge is 2.08. The monoisotopic (exact) mass is 369 g/mol. The molecule has 0 unspecified atom stereocenters. The number of hydrogen-bond donors (Lipinski definition) is 1. The molecule has 6 nitrogen and oxygen atoms in total. The zero-order valence-electron chi connectivity index (χ0n) is 14.7. The first-order valence-corrected chi connectivity index (χ1v) is 8.56. The Morgan fingerprint density at radius 1 is 1.12 bits per heavy atom. The first kappa shape index (κ1) is 17.9. The molecule has 1 N–H and O–H groups in total. The average Bonchev–Trinajstić information content (AvgIpc) is 2.67. The Morgan fingerprint density at radius 3 is 2.69 bits per heavy atom. The minimum atomic E-state index is 0.622. The summed E-state index contributed by atoms with van der Waals surface area (Å²) in [7, 11) is 3.62. The van der Waals surface area contributed by atoms with Crippen molar-refractivity contribution in [1.29, 1.82) is 0 Å². The molecule has 0 saturated heterocycles. The maximum absolute atomic E-state index is 6.08. The Balaban J connectivity index is 1.71. The third-order valence-corrected chi connectivity index (χ3v) is 4.19. The molecular formula is C19H20ClN5O. The minimum Gasteiger partial charge on any atom is -0.495 e. The highest BCUT2D eigenvalue weighted by molar-refractivity contribution is 6.31. The van der Waals surface area contributed by atoms with Gasteiger partial charge in [-0.3, -0.25) is 4.98 Å². The van der Waals surface area contributed by atoms with Gasteiger partial charge >= 0.3 is 0 Å². The summed E-state index contributed by atoms with van der Waals surface area (Å²) in [4.78, 5) is 14.8. The number of rotatable bonds is 7. The van der Waals surface area contributed by atoms with Crippen molar-refractivity contribution in [1.82, 2.24) is 15.0 Å². The molecule has 0 spiro atoms. The third-order valence-electron chi connectivity index (χ3n) is 3.95. The van der Waals surface area contributed by atoms with Gasteiger partial charge in [0, 0.05) is 37.1 Å². The summed E-state index contributed by atoms with van der Waals surface area (Å²) in [5.41, 5.74) is 1.99. The standard InChI is InChI=1S/C19H20ClN5O/c1-25(10-7-14-5-8-21-9-6-14)19-12-18(22-13-23-19)24-16-11-15(20)3-4-17(16)26-2/h3-6,8-9,11-13H,7,10H2,1-2H3,(H,22,23,24). The molecule has 0 aliphatic rings. The summed E-state index contributed by atoms with van der Waals surface area (Å²) < 4.78 is 5.36. The SMILES string of the molecule is COc1ccc(Cl)cc1Nc1cc(N(C)CCc2ccncc2)ncn1. The number of anilines is 3. The van der Waals surface area contributed by atoms with Crippen LogP contribution in [0.3, 0.4) is 0 Å². The number of hydrogen-bond acceptors (Lipinski definition) is 6. The third kappa shape index (κ3) is 4.61. The lowest BCUT2D eigenvalue weighted by Crippen LogP contribution is -2.21. The molecule has 3 aromatic rings. The van der Waals surface area contributed by atoms with Crippen LogP contribution in [0.15, 0.2) is 55.1 Å². The number of likely N-dealkylation sites (N-methyl/N-ethyl adjacent to an activating group) is 1. The summed E-state index contributed by atoms with van der Waals surface area (Å²) in [6.07, 6.45) is 6.06. The molecule has 134 valence electrons. The second-order valence-corrected chi connectivity index (χ2v) is 6.19. The fraction of sp³-hybridized carbons (Fsp3) is 0.211. The number of halogens is 1.